The predicted molar refractivity (Wildman–Crippen MR) is 114 cm³/mol. The third kappa shape index (κ3) is 2.91. The standard InChI is InChI=1S/C22H27N3S/c1-14-8-9-19-17(12-14)18-13-24(4)11-10-20(18)25(19)22(26)23-21-15(2)6-5-7-16(21)3/h5-9,12,18,20H,10-11,13H2,1-4H3,(H,23,26). The summed E-state index contributed by atoms with van der Waals surface area (Å²) in [5.74, 6) is 0.529. The Morgan fingerprint density at radius 1 is 1.12 bits per heavy atom. The number of likely N-dealkylation sites (N-methyl/N-ethyl adjacent to an activating group) is 1. The molecule has 1 saturated heterocycles. The van der Waals surface area contributed by atoms with E-state index in [2.05, 4.69) is 79.3 Å². The highest BCUT2D eigenvalue weighted by Gasteiger charge is 2.42. The van der Waals surface area contributed by atoms with Crippen LogP contribution in [0.15, 0.2) is 36.4 Å². The van der Waals surface area contributed by atoms with E-state index in [9.17, 15) is 0 Å². The monoisotopic (exact) mass is 365 g/mol. The first-order valence-electron chi connectivity index (χ1n) is 9.41. The Morgan fingerprint density at radius 3 is 2.58 bits per heavy atom. The van der Waals surface area contributed by atoms with Crippen molar-refractivity contribution in [1.82, 2.24) is 4.90 Å². The van der Waals surface area contributed by atoms with Crippen molar-refractivity contribution >= 4 is 28.7 Å². The zero-order valence-corrected chi connectivity index (χ0v) is 16.9. The van der Waals surface area contributed by atoms with Gasteiger partial charge in [-0.1, -0.05) is 35.9 Å². The van der Waals surface area contributed by atoms with E-state index < -0.39 is 0 Å². The summed E-state index contributed by atoms with van der Waals surface area (Å²) >= 11 is 5.92. The molecule has 2 aliphatic rings. The lowest BCUT2D eigenvalue weighted by molar-refractivity contribution is 0.237. The van der Waals surface area contributed by atoms with Gasteiger partial charge in [-0.15, -0.1) is 0 Å². The molecule has 0 spiro atoms. The van der Waals surface area contributed by atoms with Crippen LogP contribution in [0.25, 0.3) is 0 Å². The quantitative estimate of drug-likeness (QED) is 0.743. The van der Waals surface area contributed by atoms with Crippen molar-refractivity contribution in [2.45, 2.75) is 39.2 Å². The van der Waals surface area contributed by atoms with Crippen LogP contribution in [0.1, 0.15) is 34.6 Å². The molecule has 0 aromatic heterocycles. The highest BCUT2D eigenvalue weighted by Crippen LogP contribution is 2.45. The second-order valence-corrected chi connectivity index (χ2v) is 8.24. The molecule has 26 heavy (non-hydrogen) atoms. The fraction of sp³-hybridized carbons (Fsp3) is 0.409. The van der Waals surface area contributed by atoms with Crippen molar-refractivity contribution < 1.29 is 0 Å². The Morgan fingerprint density at radius 2 is 1.85 bits per heavy atom. The van der Waals surface area contributed by atoms with Crippen LogP contribution < -0.4 is 10.2 Å². The number of hydrogen-bond acceptors (Lipinski definition) is 2. The molecule has 0 amide bonds. The molecule has 2 heterocycles. The highest BCUT2D eigenvalue weighted by atomic mass is 32.1. The third-order valence-corrected chi connectivity index (χ3v) is 6.18. The van der Waals surface area contributed by atoms with E-state index in [1.165, 1.54) is 27.9 Å². The summed E-state index contributed by atoms with van der Waals surface area (Å²) in [5.41, 5.74) is 7.66. The van der Waals surface area contributed by atoms with E-state index in [1.807, 2.05) is 0 Å². The van der Waals surface area contributed by atoms with Crippen molar-refractivity contribution in [2.75, 3.05) is 30.4 Å². The number of para-hydroxylation sites is 1. The molecule has 4 rings (SSSR count). The molecule has 0 aliphatic carbocycles. The van der Waals surface area contributed by atoms with Crippen LogP contribution in [-0.4, -0.2) is 36.2 Å². The molecule has 2 aromatic rings. The second kappa shape index (κ2) is 6.67. The molecule has 0 radical (unpaired) electrons. The molecule has 0 saturated carbocycles. The minimum atomic E-state index is 0.451. The molecule has 3 nitrogen and oxygen atoms in total. The number of rotatable bonds is 1. The van der Waals surface area contributed by atoms with Crippen molar-refractivity contribution in [3.63, 3.8) is 0 Å². The van der Waals surface area contributed by atoms with Crippen LogP contribution in [0.2, 0.25) is 0 Å². The lowest BCUT2D eigenvalue weighted by Gasteiger charge is -2.37. The van der Waals surface area contributed by atoms with Crippen molar-refractivity contribution in [1.29, 1.82) is 0 Å². The first kappa shape index (κ1) is 17.5. The van der Waals surface area contributed by atoms with Crippen molar-refractivity contribution in [3.05, 3.63) is 58.7 Å². The van der Waals surface area contributed by atoms with Crippen LogP contribution in [-0.2, 0) is 0 Å². The van der Waals surface area contributed by atoms with Gasteiger partial charge in [0.05, 0.1) is 0 Å². The van der Waals surface area contributed by atoms with E-state index in [0.29, 0.717) is 12.0 Å². The number of piperidine rings is 1. The van der Waals surface area contributed by atoms with E-state index in [0.717, 1.165) is 30.3 Å². The van der Waals surface area contributed by atoms with Gasteiger partial charge < -0.3 is 15.1 Å². The van der Waals surface area contributed by atoms with Gasteiger partial charge in [0.1, 0.15) is 0 Å². The van der Waals surface area contributed by atoms with Crippen LogP contribution in [0.3, 0.4) is 0 Å². The number of aryl methyl sites for hydroxylation is 3. The average molecular weight is 366 g/mol. The Balaban J connectivity index is 1.70. The van der Waals surface area contributed by atoms with Gasteiger partial charge in [0.15, 0.2) is 5.11 Å². The number of hydrogen-bond donors (Lipinski definition) is 1. The van der Waals surface area contributed by atoms with Gasteiger partial charge in [-0.25, -0.2) is 0 Å². The largest absolute Gasteiger partial charge is 0.332 e. The summed E-state index contributed by atoms with van der Waals surface area (Å²) in [6, 6.07) is 13.6. The van der Waals surface area contributed by atoms with Gasteiger partial charge in [0.2, 0.25) is 0 Å². The van der Waals surface area contributed by atoms with Crippen LogP contribution in [0, 0.1) is 20.8 Å². The first-order valence-corrected chi connectivity index (χ1v) is 9.82. The van der Waals surface area contributed by atoms with Crippen molar-refractivity contribution in [2.24, 2.45) is 0 Å². The van der Waals surface area contributed by atoms with Crippen LogP contribution >= 0.6 is 12.2 Å². The molecular weight excluding hydrogens is 338 g/mol. The molecule has 4 heteroatoms. The summed E-state index contributed by atoms with van der Waals surface area (Å²) in [5, 5.41) is 4.39. The number of benzene rings is 2. The summed E-state index contributed by atoms with van der Waals surface area (Å²) in [4.78, 5) is 4.83. The fourth-order valence-electron chi connectivity index (χ4n) is 4.53. The number of nitrogens with one attached hydrogen (secondary N) is 1. The normalized spacial score (nSPS) is 22.1. The van der Waals surface area contributed by atoms with Crippen LogP contribution in [0.4, 0.5) is 11.4 Å². The van der Waals surface area contributed by atoms with Gasteiger partial charge in [0.25, 0.3) is 0 Å². The lowest BCUT2D eigenvalue weighted by Crippen LogP contribution is -2.48. The van der Waals surface area contributed by atoms with Gasteiger partial charge in [0, 0.05) is 29.9 Å². The number of nitrogens with zero attached hydrogens (tertiary/aromatic N) is 2. The summed E-state index contributed by atoms with van der Waals surface area (Å²) in [6.45, 7) is 8.67. The van der Waals surface area contributed by atoms with E-state index in [1.54, 1.807) is 0 Å². The number of thiocarbonyl (C=S) groups is 1. The maximum Gasteiger partial charge on any atom is 0.178 e. The van der Waals surface area contributed by atoms with Crippen molar-refractivity contribution in [3.8, 4) is 0 Å². The Hall–Kier alpha value is -1.91. The van der Waals surface area contributed by atoms with Gasteiger partial charge in [-0.2, -0.15) is 0 Å². The molecule has 1 fully saturated rings. The van der Waals surface area contributed by atoms with Gasteiger partial charge >= 0.3 is 0 Å². The molecule has 0 bridgehead atoms. The molecule has 136 valence electrons. The fourth-order valence-corrected chi connectivity index (χ4v) is 4.86. The Labute approximate surface area is 162 Å². The zero-order valence-electron chi connectivity index (χ0n) is 16.0. The molecule has 2 atom stereocenters. The first-order chi connectivity index (χ1) is 12.5. The zero-order chi connectivity index (χ0) is 18.4. The van der Waals surface area contributed by atoms with E-state index in [4.69, 9.17) is 12.2 Å². The Kier molecular flexibility index (Phi) is 4.49. The molecular formula is C22H27N3S. The highest BCUT2D eigenvalue weighted by molar-refractivity contribution is 7.80. The Bertz CT molecular complexity index is 840. The summed E-state index contributed by atoms with van der Waals surface area (Å²) in [6.07, 6.45) is 1.14. The lowest BCUT2D eigenvalue weighted by atomic mass is 9.89. The number of anilines is 2. The number of likely N-dealkylation sites (tertiary alicyclic amines) is 1. The topological polar surface area (TPSA) is 18.5 Å². The smallest absolute Gasteiger partial charge is 0.178 e. The summed E-state index contributed by atoms with van der Waals surface area (Å²) in [7, 11) is 2.22. The predicted octanol–water partition coefficient (Wildman–Crippen LogP) is 4.62. The minimum absolute atomic E-state index is 0.451. The SMILES string of the molecule is Cc1ccc2c(c1)C1CN(C)CCC1N2C(=S)Nc1c(C)cccc1C. The summed E-state index contributed by atoms with van der Waals surface area (Å²) < 4.78 is 0. The molecule has 2 unspecified atom stereocenters. The second-order valence-electron chi connectivity index (χ2n) is 7.85. The minimum Gasteiger partial charge on any atom is -0.332 e. The molecule has 1 N–H and O–H groups in total. The van der Waals surface area contributed by atoms with Gasteiger partial charge in [-0.3, -0.25) is 0 Å². The average Bonchev–Trinajstić information content (AvgIpc) is 2.91. The number of fused-ring (bicyclic) bond motifs is 3. The third-order valence-electron chi connectivity index (χ3n) is 5.88. The van der Waals surface area contributed by atoms with Crippen LogP contribution in [0.5, 0.6) is 0 Å². The molecule has 2 aliphatic heterocycles. The van der Waals surface area contributed by atoms with Gasteiger partial charge in [-0.05, 0) is 75.8 Å². The maximum absolute atomic E-state index is 5.92. The van der Waals surface area contributed by atoms with E-state index in [-0.39, 0.29) is 0 Å². The van der Waals surface area contributed by atoms with E-state index >= 15 is 0 Å². The maximum atomic E-state index is 5.92. The molecule has 2 aromatic carbocycles.